The Kier molecular flexibility index (Phi) is 8.69. The molecule has 1 saturated heterocycles. The molecule has 7 nitrogen and oxygen atoms in total. The minimum atomic E-state index is -0.247. The summed E-state index contributed by atoms with van der Waals surface area (Å²) in [5, 5.41) is 11.3. The Morgan fingerprint density at radius 3 is 2.68 bits per heavy atom. The van der Waals surface area contributed by atoms with E-state index in [1.165, 1.54) is 0 Å². The maximum absolute atomic E-state index is 12.5. The zero-order chi connectivity index (χ0) is 19.2. The van der Waals surface area contributed by atoms with Gasteiger partial charge in [-0.25, -0.2) is 9.67 Å². The Balaban J connectivity index is 0.00000280. The second kappa shape index (κ2) is 10.8. The summed E-state index contributed by atoms with van der Waals surface area (Å²) in [6.45, 7) is 9.84. The average molecular weight is 427 g/mol. The Labute approximate surface area is 177 Å². The van der Waals surface area contributed by atoms with Crippen LogP contribution >= 0.6 is 24.0 Å². The van der Waals surface area contributed by atoms with Crippen LogP contribution in [-0.4, -0.2) is 64.8 Å². The van der Waals surface area contributed by atoms with Crippen molar-refractivity contribution in [1.82, 2.24) is 30.3 Å². The molecule has 0 spiro atoms. The van der Waals surface area contributed by atoms with Gasteiger partial charge in [-0.05, 0) is 25.1 Å². The zero-order valence-corrected chi connectivity index (χ0v) is 17.9. The molecule has 1 aromatic carbocycles. The first-order chi connectivity index (χ1) is 13.1. The smallest absolute Gasteiger partial charge is 0.290 e. The number of carbonyl (C=O) groups excluding carboxylic acids is 1. The molecule has 1 fully saturated rings. The zero-order valence-electron chi connectivity index (χ0n) is 16.3. The summed E-state index contributed by atoms with van der Waals surface area (Å²) in [5.74, 6) is 0.765. The molecule has 1 aromatic heterocycles. The second-order valence-corrected chi connectivity index (χ2v) is 7.42. The molecule has 1 amide bonds. The number of para-hydroxylation sites is 1. The molecule has 154 valence electrons. The molecule has 2 N–H and O–H groups in total. The number of halogens is 2. The van der Waals surface area contributed by atoms with Gasteiger partial charge < -0.3 is 15.5 Å². The summed E-state index contributed by atoms with van der Waals surface area (Å²) >= 11 is 6.30. The Bertz CT molecular complexity index is 774. The van der Waals surface area contributed by atoms with Crippen molar-refractivity contribution in [2.45, 2.75) is 26.2 Å². The van der Waals surface area contributed by atoms with Gasteiger partial charge in [-0.1, -0.05) is 37.6 Å². The molecule has 1 aliphatic rings. The van der Waals surface area contributed by atoms with Crippen LogP contribution in [0.15, 0.2) is 24.3 Å². The highest BCUT2D eigenvalue weighted by Crippen LogP contribution is 2.23. The highest BCUT2D eigenvalue weighted by Gasteiger charge is 2.20. The van der Waals surface area contributed by atoms with E-state index in [-0.39, 0.29) is 30.1 Å². The highest BCUT2D eigenvalue weighted by atomic mass is 35.5. The quantitative estimate of drug-likeness (QED) is 0.665. The van der Waals surface area contributed by atoms with E-state index in [4.69, 9.17) is 11.6 Å². The van der Waals surface area contributed by atoms with E-state index in [1.807, 2.05) is 32.0 Å². The van der Waals surface area contributed by atoms with Crippen molar-refractivity contribution < 1.29 is 4.79 Å². The Morgan fingerprint density at radius 2 is 2.00 bits per heavy atom. The van der Waals surface area contributed by atoms with Crippen molar-refractivity contribution in [3.8, 4) is 5.69 Å². The number of amides is 1. The van der Waals surface area contributed by atoms with E-state index in [9.17, 15) is 4.79 Å². The number of benzene rings is 1. The van der Waals surface area contributed by atoms with E-state index >= 15 is 0 Å². The van der Waals surface area contributed by atoms with Crippen LogP contribution in [0.4, 0.5) is 0 Å². The van der Waals surface area contributed by atoms with E-state index in [0.29, 0.717) is 17.4 Å². The predicted octanol–water partition coefficient (Wildman–Crippen LogP) is 2.49. The number of nitrogens with zero attached hydrogens (tertiary/aromatic N) is 4. The molecule has 0 atom stereocenters. The number of hydrogen-bond acceptors (Lipinski definition) is 5. The van der Waals surface area contributed by atoms with Crippen molar-refractivity contribution in [2.75, 3.05) is 39.3 Å². The van der Waals surface area contributed by atoms with Crippen LogP contribution in [0, 0.1) is 0 Å². The van der Waals surface area contributed by atoms with Crippen LogP contribution in [-0.2, 0) is 0 Å². The van der Waals surface area contributed by atoms with Gasteiger partial charge in [0.2, 0.25) is 5.82 Å². The van der Waals surface area contributed by atoms with Gasteiger partial charge in [0, 0.05) is 38.6 Å². The number of nitrogens with one attached hydrogen (secondary N) is 2. The van der Waals surface area contributed by atoms with Crippen LogP contribution in [0.2, 0.25) is 5.02 Å². The van der Waals surface area contributed by atoms with Crippen LogP contribution in [0.3, 0.4) is 0 Å². The van der Waals surface area contributed by atoms with E-state index in [2.05, 4.69) is 25.6 Å². The minimum Gasteiger partial charge on any atom is -0.349 e. The fraction of sp³-hybridized carbons (Fsp3) is 0.526. The first kappa shape index (κ1) is 22.6. The van der Waals surface area contributed by atoms with Crippen LogP contribution in [0.5, 0.6) is 0 Å². The van der Waals surface area contributed by atoms with Crippen LogP contribution in [0.1, 0.15) is 42.6 Å². The summed E-state index contributed by atoms with van der Waals surface area (Å²) < 4.78 is 1.67. The summed E-state index contributed by atoms with van der Waals surface area (Å²) in [6, 6.07) is 7.43. The lowest BCUT2D eigenvalue weighted by atomic mass is 10.2. The molecule has 1 aliphatic heterocycles. The van der Waals surface area contributed by atoms with E-state index in [1.54, 1.807) is 10.7 Å². The third-order valence-electron chi connectivity index (χ3n) is 4.58. The molecule has 0 bridgehead atoms. The highest BCUT2D eigenvalue weighted by molar-refractivity contribution is 6.32. The average Bonchev–Trinajstić information content (AvgIpc) is 3.12. The van der Waals surface area contributed by atoms with E-state index < -0.39 is 0 Å². The fourth-order valence-corrected chi connectivity index (χ4v) is 3.33. The van der Waals surface area contributed by atoms with Crippen molar-refractivity contribution in [1.29, 1.82) is 0 Å². The normalized spacial score (nSPS) is 14.7. The third-order valence-corrected chi connectivity index (χ3v) is 4.90. The monoisotopic (exact) mass is 426 g/mol. The number of hydrogen-bond donors (Lipinski definition) is 2. The molecule has 0 aliphatic carbocycles. The van der Waals surface area contributed by atoms with Crippen molar-refractivity contribution in [2.24, 2.45) is 0 Å². The first-order valence-corrected chi connectivity index (χ1v) is 9.87. The Morgan fingerprint density at radius 1 is 1.29 bits per heavy atom. The standard InChI is InChI=1S/C19H27ClN6O.ClH/c1-14(2)18-23-17(24-26(18)16-7-4-3-6-15(16)20)19(27)22-8-5-11-25-12-9-21-10-13-25;/h3-4,6-7,14,21H,5,8-13H2,1-2H3,(H,22,27);1H. The van der Waals surface area contributed by atoms with Crippen molar-refractivity contribution in [3.63, 3.8) is 0 Å². The fourth-order valence-electron chi connectivity index (χ4n) is 3.11. The van der Waals surface area contributed by atoms with Crippen LogP contribution in [0.25, 0.3) is 5.69 Å². The topological polar surface area (TPSA) is 75.1 Å². The van der Waals surface area contributed by atoms with Gasteiger partial charge in [-0.15, -0.1) is 17.5 Å². The molecule has 2 heterocycles. The number of piperazine rings is 1. The summed E-state index contributed by atoms with van der Waals surface area (Å²) in [6.07, 6.45) is 0.911. The van der Waals surface area contributed by atoms with Gasteiger partial charge in [0.1, 0.15) is 5.82 Å². The lowest BCUT2D eigenvalue weighted by molar-refractivity contribution is 0.0941. The van der Waals surface area contributed by atoms with Crippen molar-refractivity contribution >= 4 is 29.9 Å². The summed E-state index contributed by atoms with van der Waals surface area (Å²) in [7, 11) is 0. The van der Waals surface area contributed by atoms with Gasteiger partial charge in [0.15, 0.2) is 0 Å². The Hall–Kier alpha value is -1.67. The van der Waals surface area contributed by atoms with E-state index in [0.717, 1.165) is 44.8 Å². The molecule has 28 heavy (non-hydrogen) atoms. The first-order valence-electron chi connectivity index (χ1n) is 9.49. The predicted molar refractivity (Wildman–Crippen MR) is 114 cm³/mol. The van der Waals surface area contributed by atoms with Crippen molar-refractivity contribution in [3.05, 3.63) is 40.9 Å². The minimum absolute atomic E-state index is 0. The molecular formula is C19H28Cl2N6O. The number of rotatable bonds is 7. The number of carbonyl (C=O) groups is 1. The van der Waals surface area contributed by atoms with Crippen LogP contribution < -0.4 is 10.6 Å². The summed E-state index contributed by atoms with van der Waals surface area (Å²) in [5.41, 5.74) is 0.730. The van der Waals surface area contributed by atoms with Gasteiger partial charge in [-0.2, -0.15) is 0 Å². The molecular weight excluding hydrogens is 399 g/mol. The number of aromatic nitrogens is 3. The summed E-state index contributed by atoms with van der Waals surface area (Å²) in [4.78, 5) is 19.4. The maximum Gasteiger partial charge on any atom is 0.290 e. The largest absolute Gasteiger partial charge is 0.349 e. The molecule has 3 rings (SSSR count). The molecule has 2 aromatic rings. The van der Waals surface area contributed by atoms with Gasteiger partial charge in [0.05, 0.1) is 10.7 Å². The molecule has 0 saturated carbocycles. The maximum atomic E-state index is 12.5. The van der Waals surface area contributed by atoms with Gasteiger partial charge >= 0.3 is 0 Å². The molecule has 0 radical (unpaired) electrons. The lowest BCUT2D eigenvalue weighted by Gasteiger charge is -2.26. The SMILES string of the molecule is CC(C)c1nc(C(=O)NCCCN2CCNCC2)nn1-c1ccccc1Cl.Cl. The molecule has 0 unspecified atom stereocenters. The van der Waals surface area contributed by atoms with Gasteiger partial charge in [0.25, 0.3) is 5.91 Å². The van der Waals surface area contributed by atoms with Gasteiger partial charge in [-0.3, -0.25) is 4.79 Å². The second-order valence-electron chi connectivity index (χ2n) is 7.01. The third kappa shape index (κ3) is 5.67. The lowest BCUT2D eigenvalue weighted by Crippen LogP contribution is -2.44. The molecule has 9 heteroatoms.